The number of nitrogens with zero attached hydrogens (tertiary/aromatic N) is 5. The average Bonchev–Trinajstić information content (AvgIpc) is 3.29. The number of aryl methyl sites for hydroxylation is 1. The standard InChI is InChI=1S/C27H26F2N6O2S/c1-14-30-25(35-32-14)16-10-18(28)23(19(29)11-16)20-12-17-15-8-9-27(24(17)34-33-20,26(2,3)13-15)21-6-5-7-22(31-21)38(4,36)37/h5-7,10-12,15H,8-9,13H2,1-4H3,(H,30,32,35)/t15-,27+/m1/s1. The summed E-state index contributed by atoms with van der Waals surface area (Å²) in [4.78, 5) is 7.47. The Hall–Kier alpha value is -3.60. The van der Waals surface area contributed by atoms with Gasteiger partial charge in [0.05, 0.1) is 28.1 Å². The van der Waals surface area contributed by atoms with Crippen LogP contribution >= 0.6 is 0 Å². The summed E-state index contributed by atoms with van der Waals surface area (Å²) in [6.45, 7) is 5.97. The molecule has 0 radical (unpaired) electrons. The highest BCUT2D eigenvalue weighted by atomic mass is 32.2. The van der Waals surface area contributed by atoms with E-state index in [4.69, 9.17) is 0 Å². The lowest BCUT2D eigenvalue weighted by Gasteiger charge is -2.56. The fraction of sp³-hybridized carbons (Fsp3) is 0.370. The maximum absolute atomic E-state index is 15.3. The number of aromatic amines is 1. The molecule has 8 nitrogen and oxygen atoms in total. The molecule has 38 heavy (non-hydrogen) atoms. The zero-order valence-electron chi connectivity index (χ0n) is 21.4. The second-order valence-corrected chi connectivity index (χ2v) is 12.9. The van der Waals surface area contributed by atoms with Crippen LogP contribution in [0.5, 0.6) is 0 Å². The van der Waals surface area contributed by atoms with Crippen LogP contribution in [0.2, 0.25) is 0 Å². The lowest BCUT2D eigenvalue weighted by Crippen LogP contribution is -2.53. The van der Waals surface area contributed by atoms with Gasteiger partial charge in [-0.1, -0.05) is 19.9 Å². The van der Waals surface area contributed by atoms with Crippen LogP contribution in [0, 0.1) is 24.0 Å². The van der Waals surface area contributed by atoms with Gasteiger partial charge in [-0.05, 0) is 73.4 Å². The van der Waals surface area contributed by atoms with Crippen LogP contribution in [-0.2, 0) is 15.3 Å². The van der Waals surface area contributed by atoms with E-state index in [1.807, 2.05) is 6.07 Å². The molecule has 0 spiro atoms. The van der Waals surface area contributed by atoms with E-state index in [1.54, 1.807) is 19.1 Å². The number of nitrogens with one attached hydrogen (secondary N) is 1. The second-order valence-electron chi connectivity index (χ2n) is 11.0. The Balaban J connectivity index is 1.50. The minimum Gasteiger partial charge on any atom is -0.325 e. The van der Waals surface area contributed by atoms with Gasteiger partial charge in [-0.25, -0.2) is 22.2 Å². The molecule has 3 aliphatic carbocycles. The fourth-order valence-electron chi connectivity index (χ4n) is 6.38. The van der Waals surface area contributed by atoms with E-state index in [9.17, 15) is 8.42 Å². The molecule has 3 aromatic heterocycles. The molecule has 1 saturated carbocycles. The first-order chi connectivity index (χ1) is 17.9. The first-order valence-electron chi connectivity index (χ1n) is 12.4. The Morgan fingerprint density at radius 3 is 2.39 bits per heavy atom. The lowest BCUT2D eigenvalue weighted by molar-refractivity contribution is 0.0806. The van der Waals surface area contributed by atoms with Crippen molar-refractivity contribution in [2.45, 2.75) is 56.4 Å². The molecule has 3 aliphatic rings. The summed E-state index contributed by atoms with van der Waals surface area (Å²) >= 11 is 0. The molecule has 7 rings (SSSR count). The molecule has 1 fully saturated rings. The number of rotatable bonds is 4. The van der Waals surface area contributed by atoms with Gasteiger partial charge in [0, 0.05) is 11.8 Å². The van der Waals surface area contributed by atoms with Gasteiger partial charge in [0.1, 0.15) is 17.5 Å². The average molecular weight is 537 g/mol. The van der Waals surface area contributed by atoms with Gasteiger partial charge in [-0.2, -0.15) is 5.10 Å². The number of halogens is 2. The van der Waals surface area contributed by atoms with Crippen molar-refractivity contribution in [1.82, 2.24) is 30.4 Å². The number of benzene rings is 1. The fourth-order valence-corrected chi connectivity index (χ4v) is 6.97. The van der Waals surface area contributed by atoms with Crippen LogP contribution in [-0.4, -0.2) is 45.0 Å². The number of hydrogen-bond acceptors (Lipinski definition) is 7. The molecule has 4 aromatic rings. The van der Waals surface area contributed by atoms with Crippen molar-refractivity contribution in [2.24, 2.45) is 5.41 Å². The number of sulfone groups is 1. The maximum atomic E-state index is 15.3. The summed E-state index contributed by atoms with van der Waals surface area (Å²) in [6, 6.07) is 9.17. The Morgan fingerprint density at radius 1 is 1.03 bits per heavy atom. The minimum absolute atomic E-state index is 0.00480. The quantitative estimate of drug-likeness (QED) is 0.394. The molecule has 0 unspecified atom stereocenters. The molecule has 11 heteroatoms. The monoisotopic (exact) mass is 536 g/mol. The summed E-state index contributed by atoms with van der Waals surface area (Å²) in [5.41, 5.74) is 1.30. The summed E-state index contributed by atoms with van der Waals surface area (Å²) in [7, 11) is -3.52. The van der Waals surface area contributed by atoms with E-state index in [0.29, 0.717) is 17.2 Å². The molecule has 2 bridgehead atoms. The predicted molar refractivity (Wildman–Crippen MR) is 136 cm³/mol. The van der Waals surface area contributed by atoms with E-state index < -0.39 is 26.9 Å². The summed E-state index contributed by atoms with van der Waals surface area (Å²) < 4.78 is 55.2. The largest absolute Gasteiger partial charge is 0.325 e. The van der Waals surface area contributed by atoms with Crippen LogP contribution in [0.1, 0.15) is 61.8 Å². The van der Waals surface area contributed by atoms with Crippen molar-refractivity contribution < 1.29 is 17.2 Å². The first-order valence-corrected chi connectivity index (χ1v) is 14.2. The van der Waals surface area contributed by atoms with Crippen LogP contribution in [0.3, 0.4) is 0 Å². The highest BCUT2D eigenvalue weighted by Crippen LogP contribution is 2.64. The van der Waals surface area contributed by atoms with Crippen molar-refractivity contribution in [2.75, 3.05) is 6.26 Å². The number of fused-ring (bicyclic) bond motifs is 2. The third kappa shape index (κ3) is 3.58. The second kappa shape index (κ2) is 8.20. The maximum Gasteiger partial charge on any atom is 0.192 e. The molecule has 0 aliphatic heterocycles. The summed E-state index contributed by atoms with van der Waals surface area (Å²) in [5, 5.41) is 16.7. The normalized spacial score (nSPS) is 21.9. The van der Waals surface area contributed by atoms with E-state index in [1.165, 1.54) is 18.2 Å². The molecule has 1 N–H and O–H groups in total. The van der Waals surface area contributed by atoms with E-state index in [2.05, 4.69) is 44.2 Å². The Bertz CT molecular complexity index is 1700. The van der Waals surface area contributed by atoms with Crippen molar-refractivity contribution in [3.8, 4) is 22.6 Å². The van der Waals surface area contributed by atoms with Crippen molar-refractivity contribution in [3.63, 3.8) is 0 Å². The molecular formula is C27H26F2N6O2S. The van der Waals surface area contributed by atoms with Gasteiger partial charge in [-0.3, -0.25) is 0 Å². The van der Waals surface area contributed by atoms with Gasteiger partial charge in [0.15, 0.2) is 20.7 Å². The molecule has 196 valence electrons. The van der Waals surface area contributed by atoms with Gasteiger partial charge in [0.25, 0.3) is 0 Å². The summed E-state index contributed by atoms with van der Waals surface area (Å²) in [5.74, 6) is -0.608. The van der Waals surface area contributed by atoms with Crippen LogP contribution in [0.4, 0.5) is 8.78 Å². The van der Waals surface area contributed by atoms with Crippen molar-refractivity contribution in [1.29, 1.82) is 0 Å². The molecule has 2 atom stereocenters. The molecule has 0 saturated heterocycles. The number of pyridine rings is 1. The zero-order valence-corrected chi connectivity index (χ0v) is 22.2. The van der Waals surface area contributed by atoms with Gasteiger partial charge in [-0.15, -0.1) is 15.3 Å². The van der Waals surface area contributed by atoms with Crippen molar-refractivity contribution in [3.05, 3.63) is 70.8 Å². The van der Waals surface area contributed by atoms with Crippen LogP contribution < -0.4 is 0 Å². The topological polar surface area (TPSA) is 114 Å². The molecule has 3 heterocycles. The molecule has 1 aromatic carbocycles. The third-order valence-corrected chi connectivity index (χ3v) is 9.15. The third-order valence-electron chi connectivity index (χ3n) is 8.16. The molecule has 0 amide bonds. The number of aromatic nitrogens is 6. The van der Waals surface area contributed by atoms with Gasteiger partial charge >= 0.3 is 0 Å². The highest BCUT2D eigenvalue weighted by Gasteiger charge is 2.59. The minimum atomic E-state index is -3.52. The highest BCUT2D eigenvalue weighted by molar-refractivity contribution is 7.90. The Kier molecular flexibility index (Phi) is 5.33. The molecular weight excluding hydrogens is 510 g/mol. The van der Waals surface area contributed by atoms with E-state index >= 15 is 8.78 Å². The Morgan fingerprint density at radius 2 is 1.76 bits per heavy atom. The van der Waals surface area contributed by atoms with Gasteiger partial charge < -0.3 is 4.98 Å². The SMILES string of the molecule is Cc1nnc(-c2cc(F)c(-c3cc4c(nn3)[C@@]3(c5cccc(S(C)(=O)=O)n5)CC[C@@H]4CC3(C)C)c(F)c2)[nH]1. The van der Waals surface area contributed by atoms with Crippen molar-refractivity contribution >= 4 is 9.84 Å². The van der Waals surface area contributed by atoms with Gasteiger partial charge in [0.2, 0.25) is 0 Å². The van der Waals surface area contributed by atoms with E-state index in [-0.39, 0.29) is 39.0 Å². The zero-order chi connectivity index (χ0) is 27.0. The predicted octanol–water partition coefficient (Wildman–Crippen LogP) is 4.91. The smallest absolute Gasteiger partial charge is 0.192 e. The van der Waals surface area contributed by atoms with E-state index in [0.717, 1.165) is 31.1 Å². The summed E-state index contributed by atoms with van der Waals surface area (Å²) in [6.07, 6.45) is 3.48. The Labute approximate surface area is 218 Å². The van der Waals surface area contributed by atoms with Crippen LogP contribution in [0.25, 0.3) is 22.6 Å². The lowest BCUT2D eigenvalue weighted by atomic mass is 9.47. The van der Waals surface area contributed by atoms with Crippen LogP contribution in [0.15, 0.2) is 41.4 Å². The first kappa shape index (κ1) is 24.7. The number of hydrogen-bond donors (Lipinski definition) is 1. The number of H-pyrrole nitrogens is 1.